The summed E-state index contributed by atoms with van der Waals surface area (Å²) in [6.07, 6.45) is 0. The second-order valence-corrected chi connectivity index (χ2v) is 5.64. The summed E-state index contributed by atoms with van der Waals surface area (Å²) < 4.78 is 5.20. The van der Waals surface area contributed by atoms with Crippen molar-refractivity contribution >= 4 is 23.1 Å². The van der Waals surface area contributed by atoms with E-state index in [-0.39, 0.29) is 28.5 Å². The summed E-state index contributed by atoms with van der Waals surface area (Å²) in [5.41, 5.74) is 6.10. The maximum atomic E-state index is 12.4. The highest BCUT2D eigenvalue weighted by Crippen LogP contribution is 2.23. The Labute approximate surface area is 154 Å². The van der Waals surface area contributed by atoms with Gasteiger partial charge >= 0.3 is 5.97 Å². The van der Waals surface area contributed by atoms with Crippen molar-refractivity contribution in [2.75, 3.05) is 5.73 Å². The summed E-state index contributed by atoms with van der Waals surface area (Å²) >= 11 is 0. The predicted octanol–water partition coefficient (Wildman–Crippen LogP) is 3.63. The molecule has 3 rings (SSSR count). The largest absolute Gasteiger partial charge is 0.423 e. The number of nitro benzene ring substituents is 1. The average molecular weight is 362 g/mol. The summed E-state index contributed by atoms with van der Waals surface area (Å²) in [5, 5.41) is 10.9. The molecule has 0 radical (unpaired) electrons. The zero-order valence-electron chi connectivity index (χ0n) is 14.0. The number of carbonyl (C=O) groups is 2. The fraction of sp³-hybridized carbons (Fsp3) is 0. The molecule has 0 heterocycles. The van der Waals surface area contributed by atoms with Gasteiger partial charge in [0, 0.05) is 17.2 Å². The summed E-state index contributed by atoms with van der Waals surface area (Å²) in [6.45, 7) is 0. The van der Waals surface area contributed by atoms with Gasteiger partial charge in [-0.1, -0.05) is 30.3 Å². The standard InChI is InChI=1S/C20H14N2O5/c21-17-11-8-15(12-18(17)22(25)26)20(24)27-16-9-6-14(7-10-16)19(23)13-4-2-1-3-5-13/h1-12H,21H2. The van der Waals surface area contributed by atoms with E-state index in [2.05, 4.69) is 0 Å². The van der Waals surface area contributed by atoms with Crippen LogP contribution in [0.15, 0.2) is 72.8 Å². The van der Waals surface area contributed by atoms with Crippen molar-refractivity contribution in [1.29, 1.82) is 0 Å². The molecular formula is C20H14N2O5. The molecule has 0 fully saturated rings. The van der Waals surface area contributed by atoms with Crippen LogP contribution in [0.3, 0.4) is 0 Å². The molecule has 7 heteroatoms. The van der Waals surface area contributed by atoms with Crippen molar-refractivity contribution in [3.8, 4) is 5.75 Å². The highest BCUT2D eigenvalue weighted by Gasteiger charge is 2.17. The van der Waals surface area contributed by atoms with E-state index in [1.54, 1.807) is 36.4 Å². The van der Waals surface area contributed by atoms with Crippen LogP contribution < -0.4 is 10.5 Å². The number of anilines is 1. The number of ether oxygens (including phenoxy) is 1. The molecule has 0 saturated carbocycles. The molecule has 3 aromatic rings. The first-order valence-electron chi connectivity index (χ1n) is 7.91. The zero-order chi connectivity index (χ0) is 19.4. The van der Waals surface area contributed by atoms with E-state index < -0.39 is 10.9 Å². The molecule has 7 nitrogen and oxygen atoms in total. The number of ketones is 1. The smallest absolute Gasteiger partial charge is 0.343 e. The summed E-state index contributed by atoms with van der Waals surface area (Å²) in [4.78, 5) is 34.8. The Morgan fingerprint density at radius 2 is 1.44 bits per heavy atom. The third-order valence-electron chi connectivity index (χ3n) is 3.83. The predicted molar refractivity (Wildman–Crippen MR) is 98.8 cm³/mol. The van der Waals surface area contributed by atoms with Crippen molar-refractivity contribution in [2.24, 2.45) is 0 Å². The van der Waals surface area contributed by atoms with Gasteiger partial charge in [-0.05, 0) is 36.4 Å². The van der Waals surface area contributed by atoms with Crippen molar-refractivity contribution in [2.45, 2.75) is 0 Å². The number of esters is 1. The van der Waals surface area contributed by atoms with Crippen LogP contribution in [0.1, 0.15) is 26.3 Å². The second-order valence-electron chi connectivity index (χ2n) is 5.64. The molecule has 2 N–H and O–H groups in total. The zero-order valence-corrected chi connectivity index (χ0v) is 14.0. The normalized spacial score (nSPS) is 10.2. The summed E-state index contributed by atoms with van der Waals surface area (Å²) in [6, 6.07) is 18.5. The van der Waals surface area contributed by atoms with Crippen LogP contribution in [0.25, 0.3) is 0 Å². The van der Waals surface area contributed by atoms with E-state index in [1.165, 1.54) is 24.3 Å². The number of hydrogen-bond donors (Lipinski definition) is 1. The van der Waals surface area contributed by atoms with Crippen LogP contribution in [0.4, 0.5) is 11.4 Å². The van der Waals surface area contributed by atoms with Gasteiger partial charge in [0.2, 0.25) is 0 Å². The van der Waals surface area contributed by atoms with Crippen LogP contribution in [-0.2, 0) is 0 Å². The maximum Gasteiger partial charge on any atom is 0.343 e. The molecule has 0 aromatic heterocycles. The molecule has 27 heavy (non-hydrogen) atoms. The Bertz CT molecular complexity index is 1010. The van der Waals surface area contributed by atoms with Crippen molar-refractivity contribution in [3.63, 3.8) is 0 Å². The lowest BCUT2D eigenvalue weighted by atomic mass is 10.0. The van der Waals surface area contributed by atoms with Gasteiger partial charge in [0.1, 0.15) is 11.4 Å². The Kier molecular flexibility index (Phi) is 4.94. The van der Waals surface area contributed by atoms with Gasteiger partial charge in [-0.15, -0.1) is 0 Å². The molecule has 0 aliphatic heterocycles. The summed E-state index contributed by atoms with van der Waals surface area (Å²) in [5.74, 6) is -0.702. The lowest BCUT2D eigenvalue weighted by molar-refractivity contribution is -0.383. The van der Waals surface area contributed by atoms with E-state index in [0.29, 0.717) is 11.1 Å². The minimum Gasteiger partial charge on any atom is -0.423 e. The number of nitrogens with zero attached hydrogens (tertiary/aromatic N) is 1. The average Bonchev–Trinajstić information content (AvgIpc) is 2.68. The van der Waals surface area contributed by atoms with Crippen LogP contribution in [-0.4, -0.2) is 16.7 Å². The molecule has 0 spiro atoms. The fourth-order valence-corrected chi connectivity index (χ4v) is 2.43. The molecule has 0 atom stereocenters. The van der Waals surface area contributed by atoms with Gasteiger partial charge in [-0.3, -0.25) is 14.9 Å². The quantitative estimate of drug-likeness (QED) is 0.185. The van der Waals surface area contributed by atoms with Crippen molar-refractivity contribution in [3.05, 3.63) is 99.6 Å². The maximum absolute atomic E-state index is 12.4. The Balaban J connectivity index is 1.75. The number of hydrogen-bond acceptors (Lipinski definition) is 6. The third kappa shape index (κ3) is 3.98. The molecule has 0 amide bonds. The van der Waals surface area contributed by atoms with Crippen LogP contribution in [0.2, 0.25) is 0 Å². The molecular weight excluding hydrogens is 348 g/mol. The molecule has 134 valence electrons. The highest BCUT2D eigenvalue weighted by molar-refractivity contribution is 6.09. The second kappa shape index (κ2) is 7.49. The molecule has 0 unspecified atom stereocenters. The van der Waals surface area contributed by atoms with Gasteiger partial charge in [-0.25, -0.2) is 4.79 Å². The molecule has 0 aliphatic carbocycles. The third-order valence-corrected chi connectivity index (χ3v) is 3.83. The van der Waals surface area contributed by atoms with Crippen LogP contribution >= 0.6 is 0 Å². The number of carbonyl (C=O) groups excluding carboxylic acids is 2. The van der Waals surface area contributed by atoms with Gasteiger partial charge in [0.15, 0.2) is 5.78 Å². The first-order valence-corrected chi connectivity index (χ1v) is 7.91. The van der Waals surface area contributed by atoms with Crippen LogP contribution in [0, 0.1) is 10.1 Å². The summed E-state index contributed by atoms with van der Waals surface area (Å²) in [7, 11) is 0. The number of nitro groups is 1. The molecule has 0 aliphatic rings. The van der Waals surface area contributed by atoms with Crippen molar-refractivity contribution in [1.82, 2.24) is 0 Å². The number of nitrogen functional groups attached to an aromatic ring is 1. The van der Waals surface area contributed by atoms with Gasteiger partial charge < -0.3 is 10.5 Å². The lowest BCUT2D eigenvalue weighted by Gasteiger charge is -2.06. The number of nitrogens with two attached hydrogens (primary N) is 1. The molecule has 0 bridgehead atoms. The number of rotatable bonds is 5. The van der Waals surface area contributed by atoms with Crippen molar-refractivity contribution < 1.29 is 19.2 Å². The minimum atomic E-state index is -0.764. The molecule has 3 aromatic carbocycles. The van der Waals surface area contributed by atoms with E-state index in [4.69, 9.17) is 10.5 Å². The Morgan fingerprint density at radius 1 is 0.852 bits per heavy atom. The lowest BCUT2D eigenvalue weighted by Crippen LogP contribution is -2.10. The van der Waals surface area contributed by atoms with Gasteiger partial charge in [0.05, 0.1) is 10.5 Å². The fourth-order valence-electron chi connectivity index (χ4n) is 2.43. The van der Waals surface area contributed by atoms with E-state index in [9.17, 15) is 19.7 Å². The SMILES string of the molecule is Nc1ccc(C(=O)Oc2ccc(C(=O)c3ccccc3)cc2)cc1[N+](=O)[O-]. The Morgan fingerprint density at radius 3 is 2.07 bits per heavy atom. The van der Waals surface area contributed by atoms with Gasteiger partial charge in [0.25, 0.3) is 5.69 Å². The molecule has 0 saturated heterocycles. The highest BCUT2D eigenvalue weighted by atomic mass is 16.6. The first kappa shape index (κ1) is 17.8. The monoisotopic (exact) mass is 362 g/mol. The first-order chi connectivity index (χ1) is 13.0. The van der Waals surface area contributed by atoms with Crippen LogP contribution in [0.5, 0.6) is 5.75 Å². The number of benzene rings is 3. The van der Waals surface area contributed by atoms with E-state index in [0.717, 1.165) is 6.07 Å². The minimum absolute atomic E-state index is 0.000313. The van der Waals surface area contributed by atoms with E-state index >= 15 is 0 Å². The van der Waals surface area contributed by atoms with E-state index in [1.807, 2.05) is 6.07 Å². The Hall–Kier alpha value is -4.00. The van der Waals surface area contributed by atoms with Gasteiger partial charge in [-0.2, -0.15) is 0 Å². The topological polar surface area (TPSA) is 113 Å².